The second-order valence-corrected chi connectivity index (χ2v) is 9.84. The van der Waals surface area contributed by atoms with Crippen LogP contribution in [-0.2, 0) is 4.74 Å². The lowest BCUT2D eigenvalue weighted by molar-refractivity contribution is 0.121. The summed E-state index contributed by atoms with van der Waals surface area (Å²) in [4.78, 5) is 9.08. The summed E-state index contributed by atoms with van der Waals surface area (Å²) in [5.74, 6) is 1.56. The molecule has 1 saturated heterocycles. The number of pyridine rings is 1. The molecule has 1 aliphatic heterocycles. The van der Waals surface area contributed by atoms with Gasteiger partial charge in [-0.1, -0.05) is 0 Å². The van der Waals surface area contributed by atoms with Crippen LogP contribution in [0.1, 0.15) is 57.1 Å². The molecule has 1 saturated carbocycles. The highest BCUT2D eigenvalue weighted by Crippen LogP contribution is 2.38. The summed E-state index contributed by atoms with van der Waals surface area (Å²) in [5, 5.41) is 21.6. The zero-order chi connectivity index (χ0) is 24.2. The fraction of sp³-hybridized carbons (Fsp3) is 0.577. The standard InChI is InChI=1S/C26H36N6O3/c1-17(16-34-2)30-26-29-15-24-22(13-23(32(24)31-26)18-5-7-20(33)8-6-18)19-9-11-28-25(12-19)35-21-4-3-10-27-14-21/h9,11-13,15,17-18,20-21,27,33H,3-8,10,14,16H2,1-2H3,(H,30,31)/t17-,18-,20-,21+/m0/s1. The number of fused-ring (bicyclic) bond motifs is 1. The van der Waals surface area contributed by atoms with Gasteiger partial charge in [0.2, 0.25) is 11.8 Å². The fourth-order valence-corrected chi connectivity index (χ4v) is 5.22. The van der Waals surface area contributed by atoms with Gasteiger partial charge in [-0.15, -0.1) is 5.10 Å². The molecule has 3 aromatic heterocycles. The molecule has 0 bridgehead atoms. The zero-order valence-corrected chi connectivity index (χ0v) is 20.6. The zero-order valence-electron chi connectivity index (χ0n) is 20.6. The average molecular weight is 481 g/mol. The van der Waals surface area contributed by atoms with Gasteiger partial charge in [0.25, 0.3) is 0 Å². The Bertz CT molecular complexity index is 1120. The van der Waals surface area contributed by atoms with E-state index in [2.05, 4.69) is 26.7 Å². The molecular formula is C26H36N6O3. The lowest BCUT2D eigenvalue weighted by Gasteiger charge is -2.25. The van der Waals surface area contributed by atoms with Crippen molar-refractivity contribution < 1.29 is 14.6 Å². The van der Waals surface area contributed by atoms with Crippen LogP contribution in [0.2, 0.25) is 0 Å². The number of piperidine rings is 1. The van der Waals surface area contributed by atoms with Gasteiger partial charge in [0.05, 0.1) is 24.4 Å². The fourth-order valence-electron chi connectivity index (χ4n) is 5.22. The van der Waals surface area contributed by atoms with E-state index in [1.807, 2.05) is 36.0 Å². The van der Waals surface area contributed by atoms with Crippen LogP contribution in [0.25, 0.3) is 16.6 Å². The molecule has 9 heteroatoms. The number of ether oxygens (including phenoxy) is 2. The van der Waals surface area contributed by atoms with Crippen molar-refractivity contribution in [2.45, 2.75) is 69.6 Å². The highest BCUT2D eigenvalue weighted by molar-refractivity contribution is 5.81. The number of anilines is 1. The van der Waals surface area contributed by atoms with Gasteiger partial charge in [0, 0.05) is 49.1 Å². The van der Waals surface area contributed by atoms with E-state index in [-0.39, 0.29) is 18.2 Å². The van der Waals surface area contributed by atoms with Crippen LogP contribution < -0.4 is 15.4 Å². The molecule has 0 amide bonds. The molecule has 0 aromatic carbocycles. The van der Waals surface area contributed by atoms with Crippen LogP contribution in [-0.4, -0.2) is 69.7 Å². The molecule has 2 aliphatic rings. The van der Waals surface area contributed by atoms with E-state index < -0.39 is 0 Å². The predicted molar refractivity (Wildman–Crippen MR) is 135 cm³/mol. The first kappa shape index (κ1) is 24.0. The molecule has 0 unspecified atom stereocenters. The highest BCUT2D eigenvalue weighted by atomic mass is 16.5. The average Bonchev–Trinajstić information content (AvgIpc) is 3.24. The van der Waals surface area contributed by atoms with E-state index in [4.69, 9.17) is 14.6 Å². The molecule has 4 heterocycles. The van der Waals surface area contributed by atoms with E-state index in [0.717, 1.165) is 74.0 Å². The smallest absolute Gasteiger partial charge is 0.241 e. The maximum atomic E-state index is 10.0. The van der Waals surface area contributed by atoms with Crippen LogP contribution in [0.3, 0.4) is 0 Å². The third-order valence-electron chi connectivity index (χ3n) is 7.04. The van der Waals surface area contributed by atoms with Crippen LogP contribution in [0.15, 0.2) is 30.6 Å². The molecule has 0 spiro atoms. The third kappa shape index (κ3) is 5.58. The quantitative estimate of drug-likeness (QED) is 0.451. The van der Waals surface area contributed by atoms with Crippen molar-refractivity contribution >= 4 is 11.5 Å². The monoisotopic (exact) mass is 480 g/mol. The number of aliphatic hydroxyl groups excluding tert-OH is 1. The Morgan fingerprint density at radius 3 is 2.83 bits per heavy atom. The molecule has 5 rings (SSSR count). The number of nitrogens with zero attached hydrogens (tertiary/aromatic N) is 4. The first-order valence-electron chi connectivity index (χ1n) is 12.8. The molecule has 35 heavy (non-hydrogen) atoms. The number of aromatic nitrogens is 4. The Labute approximate surface area is 206 Å². The lowest BCUT2D eigenvalue weighted by Crippen LogP contribution is -2.37. The number of rotatable bonds is 8. The van der Waals surface area contributed by atoms with Crippen molar-refractivity contribution in [2.75, 3.05) is 32.1 Å². The van der Waals surface area contributed by atoms with Gasteiger partial charge < -0.3 is 25.2 Å². The van der Waals surface area contributed by atoms with E-state index in [0.29, 0.717) is 24.4 Å². The van der Waals surface area contributed by atoms with Gasteiger partial charge in [0.1, 0.15) is 6.10 Å². The van der Waals surface area contributed by atoms with Crippen molar-refractivity contribution in [3.63, 3.8) is 0 Å². The largest absolute Gasteiger partial charge is 0.473 e. The van der Waals surface area contributed by atoms with Crippen LogP contribution in [0.4, 0.5) is 5.95 Å². The minimum Gasteiger partial charge on any atom is -0.473 e. The summed E-state index contributed by atoms with van der Waals surface area (Å²) in [6, 6.07) is 6.36. The summed E-state index contributed by atoms with van der Waals surface area (Å²) in [5.41, 5.74) is 4.21. The van der Waals surface area contributed by atoms with Gasteiger partial charge >= 0.3 is 0 Å². The minimum absolute atomic E-state index is 0.0925. The number of methoxy groups -OCH3 is 1. The SMILES string of the molecule is COC[C@H](C)Nc1ncc2c(-c3ccnc(O[C@@H]4CCCNC4)c3)cc([C@H]3CC[C@H](O)CC3)n2n1. The molecule has 1 aliphatic carbocycles. The molecule has 0 radical (unpaired) electrons. The first-order chi connectivity index (χ1) is 17.1. The summed E-state index contributed by atoms with van der Waals surface area (Å²) in [7, 11) is 1.69. The van der Waals surface area contributed by atoms with Crippen molar-refractivity contribution in [1.29, 1.82) is 0 Å². The van der Waals surface area contributed by atoms with Crippen molar-refractivity contribution in [2.24, 2.45) is 0 Å². The Morgan fingerprint density at radius 1 is 1.20 bits per heavy atom. The van der Waals surface area contributed by atoms with Gasteiger partial charge in [-0.05, 0) is 69.7 Å². The normalized spacial score (nSPS) is 23.8. The Balaban J connectivity index is 1.49. The van der Waals surface area contributed by atoms with Gasteiger partial charge in [-0.2, -0.15) is 0 Å². The van der Waals surface area contributed by atoms with E-state index >= 15 is 0 Å². The van der Waals surface area contributed by atoms with Gasteiger partial charge in [0.15, 0.2) is 0 Å². The predicted octanol–water partition coefficient (Wildman–Crippen LogP) is 3.39. The number of aliphatic hydroxyl groups is 1. The Morgan fingerprint density at radius 2 is 2.06 bits per heavy atom. The molecule has 2 atom stereocenters. The Kier molecular flexibility index (Phi) is 7.46. The number of hydrogen-bond donors (Lipinski definition) is 3. The lowest BCUT2D eigenvalue weighted by atomic mass is 9.85. The number of nitrogens with one attached hydrogen (secondary N) is 2. The Hall–Kier alpha value is -2.75. The molecule has 3 N–H and O–H groups in total. The van der Waals surface area contributed by atoms with E-state index in [1.165, 1.54) is 0 Å². The molecule has 188 valence electrons. The van der Waals surface area contributed by atoms with E-state index in [9.17, 15) is 5.11 Å². The number of hydrogen-bond acceptors (Lipinski definition) is 8. The molecule has 9 nitrogen and oxygen atoms in total. The summed E-state index contributed by atoms with van der Waals surface area (Å²) < 4.78 is 13.5. The summed E-state index contributed by atoms with van der Waals surface area (Å²) >= 11 is 0. The second kappa shape index (κ2) is 10.9. The third-order valence-corrected chi connectivity index (χ3v) is 7.04. The second-order valence-electron chi connectivity index (χ2n) is 9.84. The van der Waals surface area contributed by atoms with Crippen LogP contribution in [0.5, 0.6) is 5.88 Å². The first-order valence-corrected chi connectivity index (χ1v) is 12.8. The van der Waals surface area contributed by atoms with Crippen LogP contribution in [0, 0.1) is 0 Å². The highest BCUT2D eigenvalue weighted by Gasteiger charge is 2.26. The molecular weight excluding hydrogens is 444 g/mol. The van der Waals surface area contributed by atoms with E-state index in [1.54, 1.807) is 7.11 Å². The molecule has 3 aromatic rings. The van der Waals surface area contributed by atoms with Crippen molar-refractivity contribution in [3.05, 3.63) is 36.3 Å². The molecule has 2 fully saturated rings. The van der Waals surface area contributed by atoms with Gasteiger partial charge in [-0.3, -0.25) is 0 Å². The van der Waals surface area contributed by atoms with Gasteiger partial charge in [-0.25, -0.2) is 14.5 Å². The maximum absolute atomic E-state index is 10.0. The topological polar surface area (TPSA) is 106 Å². The summed E-state index contributed by atoms with van der Waals surface area (Å²) in [6.45, 7) is 4.51. The van der Waals surface area contributed by atoms with Crippen LogP contribution >= 0.6 is 0 Å². The minimum atomic E-state index is -0.201. The maximum Gasteiger partial charge on any atom is 0.241 e. The van der Waals surface area contributed by atoms with Crippen molar-refractivity contribution in [3.8, 4) is 17.0 Å². The summed E-state index contributed by atoms with van der Waals surface area (Å²) in [6.07, 6.45) is 9.31. The van der Waals surface area contributed by atoms with Crippen molar-refractivity contribution in [1.82, 2.24) is 24.9 Å².